The van der Waals surface area contributed by atoms with E-state index in [9.17, 15) is 4.79 Å². The number of rotatable bonds is 2. The molecule has 3 nitrogen and oxygen atoms in total. The van der Waals surface area contributed by atoms with Gasteiger partial charge in [-0.1, -0.05) is 0 Å². The van der Waals surface area contributed by atoms with Crippen LogP contribution in [0.5, 0.6) is 0 Å². The lowest BCUT2D eigenvalue weighted by Gasteiger charge is -2.54. The van der Waals surface area contributed by atoms with Crippen molar-refractivity contribution in [3.05, 3.63) is 0 Å². The predicted octanol–water partition coefficient (Wildman–Crippen LogP) is 0.464. The number of carbonyl (C=O) groups excluding carboxylic acids is 1. The van der Waals surface area contributed by atoms with E-state index in [4.69, 9.17) is 0 Å². The Labute approximate surface area is 79.5 Å². The van der Waals surface area contributed by atoms with Gasteiger partial charge in [0, 0.05) is 19.6 Å². The third-order valence-corrected chi connectivity index (χ3v) is 3.32. The van der Waals surface area contributed by atoms with Crippen LogP contribution in [0.4, 0.5) is 0 Å². The molecule has 1 aliphatic carbocycles. The van der Waals surface area contributed by atoms with Crippen molar-refractivity contribution < 1.29 is 4.79 Å². The molecule has 13 heavy (non-hydrogen) atoms. The summed E-state index contributed by atoms with van der Waals surface area (Å²) >= 11 is 0. The summed E-state index contributed by atoms with van der Waals surface area (Å²) < 4.78 is 0. The van der Waals surface area contributed by atoms with E-state index >= 15 is 0 Å². The molecule has 3 heteroatoms. The zero-order chi connectivity index (χ0) is 9.47. The summed E-state index contributed by atoms with van der Waals surface area (Å²) in [6.45, 7) is 4.88. The van der Waals surface area contributed by atoms with Crippen LogP contribution in [0.25, 0.3) is 0 Å². The second kappa shape index (κ2) is 2.98. The van der Waals surface area contributed by atoms with E-state index in [0.717, 1.165) is 31.8 Å². The third-order valence-electron chi connectivity index (χ3n) is 3.32. The van der Waals surface area contributed by atoms with Crippen LogP contribution in [0.3, 0.4) is 0 Å². The van der Waals surface area contributed by atoms with Crippen molar-refractivity contribution in [2.75, 3.05) is 26.7 Å². The minimum Gasteiger partial charge on any atom is -0.356 e. The maximum atomic E-state index is 11.8. The van der Waals surface area contributed by atoms with E-state index in [2.05, 4.69) is 17.3 Å². The highest BCUT2D eigenvalue weighted by Gasteiger charge is 2.53. The monoisotopic (exact) mass is 182 g/mol. The average Bonchev–Trinajstić information content (AvgIpc) is 2.02. The first kappa shape index (κ1) is 9.00. The van der Waals surface area contributed by atoms with E-state index in [1.165, 1.54) is 6.54 Å². The normalized spacial score (nSPS) is 38.2. The van der Waals surface area contributed by atoms with Gasteiger partial charge in [0.15, 0.2) is 0 Å². The molecule has 2 saturated heterocycles. The fourth-order valence-corrected chi connectivity index (χ4v) is 2.93. The fourth-order valence-electron chi connectivity index (χ4n) is 2.93. The van der Waals surface area contributed by atoms with Crippen molar-refractivity contribution in [2.24, 2.45) is 11.3 Å². The minimum absolute atomic E-state index is 0.0202. The van der Waals surface area contributed by atoms with E-state index < -0.39 is 0 Å². The molecule has 2 heterocycles. The van der Waals surface area contributed by atoms with Crippen LogP contribution in [-0.4, -0.2) is 37.5 Å². The molecule has 1 N–H and O–H groups in total. The van der Waals surface area contributed by atoms with Crippen LogP contribution in [0.2, 0.25) is 0 Å². The Morgan fingerprint density at radius 3 is 2.85 bits per heavy atom. The smallest absolute Gasteiger partial charge is 0.227 e. The molecule has 0 aromatic heterocycles. The Balaban J connectivity index is 2.01. The van der Waals surface area contributed by atoms with E-state index in [-0.39, 0.29) is 11.3 Å². The molecule has 3 fully saturated rings. The molecule has 0 unspecified atom stereocenters. The molecular formula is C10H18N2O. The molecule has 0 spiro atoms. The molecule has 0 aromatic carbocycles. The number of nitrogens with one attached hydrogen (secondary N) is 1. The molecule has 74 valence electrons. The number of fused-ring (bicyclic) bond motifs is 2. The molecule has 0 radical (unpaired) electrons. The van der Waals surface area contributed by atoms with E-state index in [0.29, 0.717) is 0 Å². The SMILES string of the molecule is CCNC(=O)C12CC(CN(C)C1)C2. The standard InChI is InChI=1S/C10H18N2O/c1-3-11-9(13)10-4-8(5-10)6-12(2)7-10/h8H,3-7H2,1-2H3,(H,11,13). The second-order valence-corrected chi connectivity index (χ2v) is 4.61. The van der Waals surface area contributed by atoms with Crippen molar-refractivity contribution in [1.29, 1.82) is 0 Å². The lowest BCUT2D eigenvalue weighted by atomic mass is 9.58. The summed E-state index contributed by atoms with van der Waals surface area (Å²) in [7, 11) is 2.11. The van der Waals surface area contributed by atoms with Crippen LogP contribution in [-0.2, 0) is 4.79 Å². The number of hydrogen-bond acceptors (Lipinski definition) is 2. The van der Waals surface area contributed by atoms with Crippen molar-refractivity contribution in [1.82, 2.24) is 10.2 Å². The van der Waals surface area contributed by atoms with Gasteiger partial charge in [-0.3, -0.25) is 4.79 Å². The summed E-state index contributed by atoms with van der Waals surface area (Å²) in [5, 5.41) is 2.95. The van der Waals surface area contributed by atoms with E-state index in [1.807, 2.05) is 6.92 Å². The number of amides is 1. The number of nitrogens with zero attached hydrogens (tertiary/aromatic N) is 1. The average molecular weight is 182 g/mol. The molecule has 3 aliphatic rings. The molecule has 3 rings (SSSR count). The molecule has 1 amide bonds. The summed E-state index contributed by atoms with van der Waals surface area (Å²) in [6.07, 6.45) is 2.23. The third kappa shape index (κ3) is 1.35. The van der Waals surface area contributed by atoms with Crippen molar-refractivity contribution in [3.8, 4) is 0 Å². The summed E-state index contributed by atoms with van der Waals surface area (Å²) in [5.74, 6) is 1.05. The topological polar surface area (TPSA) is 32.3 Å². The maximum absolute atomic E-state index is 11.8. The minimum atomic E-state index is -0.0202. The van der Waals surface area contributed by atoms with Crippen LogP contribution in [0.15, 0.2) is 0 Å². The lowest BCUT2D eigenvalue weighted by molar-refractivity contribution is -0.148. The van der Waals surface area contributed by atoms with Gasteiger partial charge >= 0.3 is 0 Å². The zero-order valence-electron chi connectivity index (χ0n) is 8.47. The highest BCUT2D eigenvalue weighted by atomic mass is 16.2. The fraction of sp³-hybridized carbons (Fsp3) is 0.900. The van der Waals surface area contributed by atoms with Crippen LogP contribution in [0.1, 0.15) is 19.8 Å². The molecule has 2 bridgehead atoms. The van der Waals surface area contributed by atoms with Gasteiger partial charge in [0.25, 0.3) is 0 Å². The molecule has 0 aromatic rings. The lowest BCUT2D eigenvalue weighted by Crippen LogP contribution is -2.61. The van der Waals surface area contributed by atoms with E-state index in [1.54, 1.807) is 0 Å². The summed E-state index contributed by atoms with van der Waals surface area (Å²) in [5.41, 5.74) is -0.0202. The quantitative estimate of drug-likeness (QED) is 0.673. The Bertz CT molecular complexity index is 221. The molecule has 2 aliphatic heterocycles. The Kier molecular flexibility index (Phi) is 2.06. The van der Waals surface area contributed by atoms with Gasteiger partial charge in [-0.2, -0.15) is 0 Å². The molecular weight excluding hydrogens is 164 g/mol. The van der Waals surface area contributed by atoms with Crippen LogP contribution < -0.4 is 5.32 Å². The first-order valence-corrected chi connectivity index (χ1v) is 5.13. The van der Waals surface area contributed by atoms with Crippen LogP contribution >= 0.6 is 0 Å². The first-order valence-electron chi connectivity index (χ1n) is 5.13. The van der Waals surface area contributed by atoms with Gasteiger partial charge in [0.1, 0.15) is 0 Å². The maximum Gasteiger partial charge on any atom is 0.227 e. The van der Waals surface area contributed by atoms with Crippen molar-refractivity contribution in [2.45, 2.75) is 19.8 Å². The predicted molar refractivity (Wildman–Crippen MR) is 51.3 cm³/mol. The van der Waals surface area contributed by atoms with Crippen LogP contribution in [0, 0.1) is 11.3 Å². The number of carbonyl (C=O) groups is 1. The number of piperidine rings is 2. The Morgan fingerprint density at radius 1 is 1.62 bits per heavy atom. The largest absolute Gasteiger partial charge is 0.356 e. The summed E-state index contributed by atoms with van der Waals surface area (Å²) in [6, 6.07) is 0. The Morgan fingerprint density at radius 2 is 2.31 bits per heavy atom. The van der Waals surface area contributed by atoms with Gasteiger partial charge in [-0.25, -0.2) is 0 Å². The van der Waals surface area contributed by atoms with Gasteiger partial charge in [-0.05, 0) is 32.7 Å². The number of hydrogen-bond donors (Lipinski definition) is 1. The zero-order valence-corrected chi connectivity index (χ0v) is 8.47. The highest BCUT2D eigenvalue weighted by Crippen LogP contribution is 2.50. The van der Waals surface area contributed by atoms with Gasteiger partial charge in [0.05, 0.1) is 5.41 Å². The first-order chi connectivity index (χ1) is 6.16. The van der Waals surface area contributed by atoms with Crippen molar-refractivity contribution in [3.63, 3.8) is 0 Å². The van der Waals surface area contributed by atoms with Gasteiger partial charge < -0.3 is 10.2 Å². The summed E-state index contributed by atoms with van der Waals surface area (Å²) in [4.78, 5) is 14.1. The Hall–Kier alpha value is -0.570. The highest BCUT2D eigenvalue weighted by molar-refractivity contribution is 5.84. The molecule has 1 saturated carbocycles. The van der Waals surface area contributed by atoms with Gasteiger partial charge in [-0.15, -0.1) is 0 Å². The van der Waals surface area contributed by atoms with Crippen molar-refractivity contribution >= 4 is 5.91 Å². The molecule has 0 atom stereocenters. The van der Waals surface area contributed by atoms with Gasteiger partial charge in [0.2, 0.25) is 5.91 Å². The second-order valence-electron chi connectivity index (χ2n) is 4.61.